The van der Waals surface area contributed by atoms with Crippen molar-refractivity contribution in [2.75, 3.05) is 12.0 Å². The van der Waals surface area contributed by atoms with E-state index in [1.54, 1.807) is 0 Å². The molecule has 1 fully saturated rings. The Morgan fingerprint density at radius 3 is 2.21 bits per heavy atom. The minimum Gasteiger partial charge on any atom is -0.412 e. The molecule has 1 amide bonds. The van der Waals surface area contributed by atoms with Crippen LogP contribution in [-0.4, -0.2) is 29.6 Å². The molecule has 0 unspecified atom stereocenters. The quantitative estimate of drug-likeness (QED) is 0.851. The zero-order valence-corrected chi connectivity index (χ0v) is 12.2. The van der Waals surface area contributed by atoms with Gasteiger partial charge in [0.2, 0.25) is 5.91 Å². The Morgan fingerprint density at radius 2 is 1.79 bits per heavy atom. The second-order valence-corrected chi connectivity index (χ2v) is 5.16. The van der Waals surface area contributed by atoms with Crippen LogP contribution in [0.1, 0.15) is 33.6 Å². The second kappa shape index (κ2) is 7.26. The van der Waals surface area contributed by atoms with Gasteiger partial charge in [0.1, 0.15) is 0 Å². The van der Waals surface area contributed by atoms with E-state index in [0.717, 1.165) is 19.2 Å². The topological polar surface area (TPSA) is 72.0 Å². The molecule has 108 valence electrons. The second-order valence-electron chi connectivity index (χ2n) is 5.16. The van der Waals surface area contributed by atoms with Crippen molar-refractivity contribution in [2.45, 2.75) is 39.7 Å². The number of aliphatic hydroxyl groups excluding tert-OH is 1. The number of nitrogens with zero attached hydrogens (tertiary/aromatic N) is 1. The van der Waals surface area contributed by atoms with Crippen molar-refractivity contribution in [3.05, 3.63) is 30.3 Å². The van der Waals surface area contributed by atoms with Gasteiger partial charge in [-0.05, 0) is 24.0 Å². The number of hydrogen-bond acceptors (Lipinski definition) is 2. The van der Waals surface area contributed by atoms with E-state index in [0.29, 0.717) is 12.5 Å². The first kappa shape index (κ1) is 17.6. The Bertz CT molecular complexity index is 390. The molecule has 1 aromatic rings. The van der Waals surface area contributed by atoms with E-state index < -0.39 is 0 Å². The number of benzene rings is 1. The molecule has 1 atom stereocenters. The van der Waals surface area contributed by atoms with Crippen molar-refractivity contribution in [3.8, 4) is 0 Å². The molecule has 0 radical (unpaired) electrons. The van der Waals surface area contributed by atoms with Gasteiger partial charge in [-0.2, -0.15) is 0 Å². The molecule has 4 heteroatoms. The van der Waals surface area contributed by atoms with Crippen LogP contribution in [0.3, 0.4) is 0 Å². The third-order valence-electron chi connectivity index (χ3n) is 3.80. The summed E-state index contributed by atoms with van der Waals surface area (Å²) in [4.78, 5) is 13.7. The van der Waals surface area contributed by atoms with Gasteiger partial charge in [-0.25, -0.2) is 0 Å². The number of para-hydroxylation sites is 1. The van der Waals surface area contributed by atoms with Crippen LogP contribution in [0.15, 0.2) is 30.3 Å². The summed E-state index contributed by atoms with van der Waals surface area (Å²) in [5, 5.41) is 7.00. The number of carbonyl (C=O) groups is 1. The molecule has 1 saturated heterocycles. The average molecular weight is 267 g/mol. The molecule has 1 aliphatic heterocycles. The van der Waals surface area contributed by atoms with Crippen LogP contribution in [-0.2, 0) is 4.79 Å². The van der Waals surface area contributed by atoms with E-state index in [-0.39, 0.29) is 16.8 Å². The summed E-state index contributed by atoms with van der Waals surface area (Å²) in [5.41, 5.74) is 1.23. The summed E-state index contributed by atoms with van der Waals surface area (Å²) < 4.78 is 0. The maximum absolute atomic E-state index is 11.7. The Labute approximate surface area is 115 Å². The third-order valence-corrected chi connectivity index (χ3v) is 3.80. The van der Waals surface area contributed by atoms with Crippen LogP contribution in [0.25, 0.3) is 0 Å². The molecule has 0 saturated carbocycles. The standard InChI is InChI=1S/C14H19NO.CH4O.H2O/c1-4-14(2,3)12-10-13(16)15(12)11-8-6-5-7-9-11;1-2;/h5-9,12H,4,10H2,1-3H3;2H,1H3;1H2/t12-;;/m1../s1. The Balaban J connectivity index is 0.00000103. The fourth-order valence-electron chi connectivity index (χ4n) is 2.19. The van der Waals surface area contributed by atoms with Gasteiger partial charge in [0.25, 0.3) is 0 Å². The maximum atomic E-state index is 11.7. The third kappa shape index (κ3) is 3.55. The van der Waals surface area contributed by atoms with Gasteiger partial charge in [-0.15, -0.1) is 0 Å². The molecule has 0 aliphatic carbocycles. The van der Waals surface area contributed by atoms with Gasteiger partial charge < -0.3 is 15.5 Å². The number of rotatable bonds is 3. The monoisotopic (exact) mass is 267 g/mol. The Hall–Kier alpha value is -1.39. The highest BCUT2D eigenvalue weighted by Gasteiger charge is 2.45. The highest BCUT2D eigenvalue weighted by molar-refractivity contribution is 6.01. The van der Waals surface area contributed by atoms with E-state index in [1.165, 1.54) is 0 Å². The molecule has 1 heterocycles. The van der Waals surface area contributed by atoms with E-state index in [9.17, 15) is 4.79 Å². The summed E-state index contributed by atoms with van der Waals surface area (Å²) in [7, 11) is 1.00. The number of amides is 1. The molecule has 0 aromatic heterocycles. The number of anilines is 1. The van der Waals surface area contributed by atoms with Gasteiger partial charge in [0.05, 0.1) is 6.04 Å². The van der Waals surface area contributed by atoms with Crippen molar-refractivity contribution in [2.24, 2.45) is 5.41 Å². The van der Waals surface area contributed by atoms with Gasteiger partial charge in [-0.3, -0.25) is 4.79 Å². The average Bonchev–Trinajstić information content (AvgIpc) is 2.39. The van der Waals surface area contributed by atoms with E-state index >= 15 is 0 Å². The summed E-state index contributed by atoms with van der Waals surface area (Å²) in [6, 6.07) is 10.3. The largest absolute Gasteiger partial charge is 0.412 e. The van der Waals surface area contributed by atoms with E-state index in [1.807, 2.05) is 35.2 Å². The molecule has 3 N–H and O–H groups in total. The first-order valence-electron chi connectivity index (χ1n) is 6.38. The van der Waals surface area contributed by atoms with Crippen molar-refractivity contribution in [1.82, 2.24) is 0 Å². The molecule has 2 rings (SSSR count). The Morgan fingerprint density at radius 1 is 1.26 bits per heavy atom. The zero-order chi connectivity index (χ0) is 13.8. The van der Waals surface area contributed by atoms with Crippen molar-refractivity contribution in [1.29, 1.82) is 0 Å². The van der Waals surface area contributed by atoms with E-state index in [2.05, 4.69) is 20.8 Å². The van der Waals surface area contributed by atoms with Gasteiger partial charge in [0, 0.05) is 19.2 Å². The molecule has 0 bridgehead atoms. The minimum absolute atomic E-state index is 0. The molecule has 1 aliphatic rings. The first-order valence-corrected chi connectivity index (χ1v) is 6.38. The number of carbonyl (C=O) groups excluding carboxylic acids is 1. The van der Waals surface area contributed by atoms with Crippen molar-refractivity contribution >= 4 is 11.6 Å². The highest BCUT2D eigenvalue weighted by Crippen LogP contribution is 2.40. The summed E-state index contributed by atoms with van der Waals surface area (Å²) >= 11 is 0. The predicted molar refractivity (Wildman–Crippen MR) is 78.2 cm³/mol. The lowest BCUT2D eigenvalue weighted by Crippen LogP contribution is -2.59. The number of hydrogen-bond donors (Lipinski definition) is 1. The Kier molecular flexibility index (Phi) is 6.73. The van der Waals surface area contributed by atoms with Crippen LogP contribution < -0.4 is 4.90 Å². The summed E-state index contributed by atoms with van der Waals surface area (Å²) in [6.07, 6.45) is 1.78. The normalized spacial score (nSPS) is 17.8. The van der Waals surface area contributed by atoms with Crippen LogP contribution >= 0.6 is 0 Å². The van der Waals surface area contributed by atoms with Crippen molar-refractivity contribution in [3.63, 3.8) is 0 Å². The lowest BCUT2D eigenvalue weighted by molar-refractivity contribution is -0.126. The van der Waals surface area contributed by atoms with Crippen LogP contribution in [0.2, 0.25) is 0 Å². The minimum atomic E-state index is 0. The van der Waals surface area contributed by atoms with Crippen LogP contribution in [0.4, 0.5) is 5.69 Å². The molecular weight excluding hydrogens is 242 g/mol. The predicted octanol–water partition coefficient (Wildman–Crippen LogP) is 2.01. The molecule has 0 spiro atoms. The number of β-lactam (4-membered cyclic amide) rings is 1. The molecule has 19 heavy (non-hydrogen) atoms. The van der Waals surface area contributed by atoms with Gasteiger partial charge in [0.15, 0.2) is 0 Å². The smallest absolute Gasteiger partial charge is 0.229 e. The summed E-state index contributed by atoms with van der Waals surface area (Å²) in [5.74, 6) is 0.248. The van der Waals surface area contributed by atoms with E-state index in [4.69, 9.17) is 5.11 Å². The lowest BCUT2D eigenvalue weighted by Gasteiger charge is -2.49. The van der Waals surface area contributed by atoms with Crippen molar-refractivity contribution < 1.29 is 15.4 Å². The fraction of sp³-hybridized carbons (Fsp3) is 0.533. The van der Waals surface area contributed by atoms with Crippen LogP contribution in [0, 0.1) is 5.41 Å². The molecule has 1 aromatic carbocycles. The zero-order valence-electron chi connectivity index (χ0n) is 12.2. The lowest BCUT2D eigenvalue weighted by atomic mass is 9.75. The highest BCUT2D eigenvalue weighted by atomic mass is 16.2. The van der Waals surface area contributed by atoms with Gasteiger partial charge >= 0.3 is 0 Å². The SMILES string of the molecule is CCC(C)(C)[C@H]1CC(=O)N1c1ccccc1.CO.O. The van der Waals surface area contributed by atoms with Crippen LogP contribution in [0.5, 0.6) is 0 Å². The summed E-state index contributed by atoms with van der Waals surface area (Å²) in [6.45, 7) is 6.66. The maximum Gasteiger partial charge on any atom is 0.229 e. The fourth-order valence-corrected chi connectivity index (χ4v) is 2.19. The first-order chi connectivity index (χ1) is 8.56. The molecular formula is C15H25NO3. The number of aliphatic hydroxyl groups is 1. The van der Waals surface area contributed by atoms with Gasteiger partial charge in [-0.1, -0.05) is 39.0 Å². The molecule has 4 nitrogen and oxygen atoms in total.